The predicted octanol–water partition coefficient (Wildman–Crippen LogP) is 0.908. The molecule has 0 aromatic heterocycles. The highest BCUT2D eigenvalue weighted by Crippen LogP contribution is 2.21. The van der Waals surface area contributed by atoms with Crippen molar-refractivity contribution < 1.29 is 9.18 Å². The number of rotatable bonds is 4. The van der Waals surface area contributed by atoms with Gasteiger partial charge in [-0.25, -0.2) is 9.82 Å². The lowest BCUT2D eigenvalue weighted by atomic mass is 10.0. The van der Waals surface area contributed by atoms with Crippen molar-refractivity contribution in [1.29, 1.82) is 0 Å². The third-order valence-electron chi connectivity index (χ3n) is 2.35. The molecule has 0 aliphatic carbocycles. The molecule has 0 radical (unpaired) electrons. The molecule has 1 amide bonds. The van der Waals surface area contributed by atoms with Gasteiger partial charge in [-0.15, -0.1) is 0 Å². The number of nitrogens with one attached hydrogen (secondary N) is 2. The molecule has 1 aromatic carbocycles. The number of carbonyl (C=O) groups is 1. The summed E-state index contributed by atoms with van der Waals surface area (Å²) in [7, 11) is 1.56. The first-order valence-corrected chi connectivity index (χ1v) is 5.50. The van der Waals surface area contributed by atoms with Gasteiger partial charge in [0.2, 0.25) is 0 Å². The van der Waals surface area contributed by atoms with Crippen molar-refractivity contribution >= 4 is 17.5 Å². The highest BCUT2D eigenvalue weighted by Gasteiger charge is 2.16. The van der Waals surface area contributed by atoms with Crippen LogP contribution in [0.4, 0.5) is 4.39 Å². The number of halogens is 2. The quantitative estimate of drug-likeness (QED) is 0.704. The second-order valence-corrected chi connectivity index (χ2v) is 4.15. The van der Waals surface area contributed by atoms with Crippen LogP contribution in [-0.4, -0.2) is 19.0 Å². The van der Waals surface area contributed by atoms with E-state index in [0.717, 1.165) is 0 Å². The molecule has 0 heterocycles. The molecule has 1 unspecified atom stereocenters. The predicted molar refractivity (Wildman–Crippen MR) is 65.0 cm³/mol. The van der Waals surface area contributed by atoms with E-state index < -0.39 is 6.04 Å². The molecule has 0 bridgehead atoms. The third-order valence-corrected chi connectivity index (χ3v) is 2.70. The van der Waals surface area contributed by atoms with Crippen LogP contribution in [0.3, 0.4) is 0 Å². The van der Waals surface area contributed by atoms with Gasteiger partial charge in [0.15, 0.2) is 0 Å². The normalized spacial score (nSPS) is 12.3. The minimum atomic E-state index is -0.776. The number of aryl methyl sites for hydroxylation is 1. The van der Waals surface area contributed by atoms with Crippen molar-refractivity contribution in [3.05, 3.63) is 34.1 Å². The summed E-state index contributed by atoms with van der Waals surface area (Å²) >= 11 is 5.96. The van der Waals surface area contributed by atoms with Crippen molar-refractivity contribution in [3.63, 3.8) is 0 Å². The fourth-order valence-corrected chi connectivity index (χ4v) is 1.68. The molecule has 4 nitrogen and oxygen atoms in total. The number of amides is 1. The van der Waals surface area contributed by atoms with Gasteiger partial charge in [-0.1, -0.05) is 11.6 Å². The lowest BCUT2D eigenvalue weighted by molar-refractivity contribution is -0.123. The maximum atomic E-state index is 13.3. The molecule has 1 atom stereocenters. The molecule has 0 aliphatic rings. The molecule has 6 heteroatoms. The van der Waals surface area contributed by atoms with Gasteiger partial charge in [0.05, 0.1) is 6.04 Å². The average molecular weight is 260 g/mol. The van der Waals surface area contributed by atoms with Crippen molar-refractivity contribution in [2.75, 3.05) is 7.05 Å². The van der Waals surface area contributed by atoms with Gasteiger partial charge in [-0.2, -0.15) is 0 Å². The first kappa shape index (κ1) is 13.9. The molecule has 0 fully saturated rings. The Morgan fingerprint density at radius 2 is 2.24 bits per heavy atom. The summed E-state index contributed by atoms with van der Waals surface area (Å²) < 4.78 is 13.3. The van der Waals surface area contributed by atoms with Gasteiger partial charge in [0.25, 0.3) is 5.91 Å². The molecule has 1 aromatic rings. The Labute approximate surface area is 104 Å². The Balaban J connectivity index is 2.81. The van der Waals surface area contributed by atoms with Gasteiger partial charge >= 0.3 is 0 Å². The number of hydrogen-bond acceptors (Lipinski definition) is 3. The molecular weight excluding hydrogens is 245 g/mol. The summed E-state index contributed by atoms with van der Waals surface area (Å²) in [6.45, 7) is 1.62. The van der Waals surface area contributed by atoms with Crippen LogP contribution in [0.1, 0.15) is 11.1 Å². The lowest BCUT2D eigenvalue weighted by Gasteiger charge is -2.13. The van der Waals surface area contributed by atoms with Crippen molar-refractivity contribution in [2.45, 2.75) is 19.4 Å². The van der Waals surface area contributed by atoms with Gasteiger partial charge in [-0.05, 0) is 36.6 Å². The Morgan fingerprint density at radius 3 is 2.82 bits per heavy atom. The first-order valence-electron chi connectivity index (χ1n) is 5.12. The molecule has 0 saturated heterocycles. The fraction of sp³-hybridized carbons (Fsp3) is 0.364. The molecule has 94 valence electrons. The van der Waals surface area contributed by atoms with E-state index in [1.165, 1.54) is 12.1 Å². The number of benzene rings is 1. The first-order chi connectivity index (χ1) is 7.95. The zero-order valence-electron chi connectivity index (χ0n) is 9.68. The van der Waals surface area contributed by atoms with Crippen LogP contribution in [0, 0.1) is 12.7 Å². The monoisotopic (exact) mass is 259 g/mol. The summed E-state index contributed by atoms with van der Waals surface area (Å²) in [5, 5.41) is 0.414. The molecular formula is C11H15ClFN3O. The Bertz CT molecular complexity index is 425. The van der Waals surface area contributed by atoms with E-state index in [1.807, 2.05) is 0 Å². The fourth-order valence-electron chi connectivity index (χ4n) is 1.39. The van der Waals surface area contributed by atoms with Crippen LogP contribution in [0.2, 0.25) is 5.02 Å². The molecule has 1 rings (SSSR count). The Hall–Kier alpha value is -1.17. The zero-order valence-corrected chi connectivity index (χ0v) is 10.4. The van der Waals surface area contributed by atoms with Crippen LogP contribution < -0.4 is 16.6 Å². The van der Waals surface area contributed by atoms with Crippen LogP contribution in [0.25, 0.3) is 0 Å². The Morgan fingerprint density at radius 1 is 1.59 bits per heavy atom. The summed E-state index contributed by atoms with van der Waals surface area (Å²) in [6.07, 6.45) is 0.184. The highest BCUT2D eigenvalue weighted by atomic mass is 35.5. The van der Waals surface area contributed by atoms with E-state index >= 15 is 0 Å². The second-order valence-electron chi connectivity index (χ2n) is 3.74. The number of hydrogen-bond donors (Lipinski definition) is 3. The second kappa shape index (κ2) is 5.95. The standard InChI is InChI=1S/C11H15ClFN3O/c1-6-3-8(12)7(4-9(6)13)5-10(14)11(17)16-15-2/h3-4,10,15H,5,14H2,1-2H3,(H,16,17). The molecule has 0 saturated carbocycles. The van der Waals surface area contributed by atoms with Crippen molar-refractivity contribution in [2.24, 2.45) is 5.73 Å². The highest BCUT2D eigenvalue weighted by molar-refractivity contribution is 6.31. The molecule has 4 N–H and O–H groups in total. The number of hydrazine groups is 1. The molecule has 0 aliphatic heterocycles. The summed E-state index contributed by atoms with van der Waals surface area (Å²) in [6, 6.07) is 2.06. The van der Waals surface area contributed by atoms with E-state index in [2.05, 4.69) is 10.9 Å². The van der Waals surface area contributed by atoms with E-state index in [4.69, 9.17) is 17.3 Å². The number of carbonyl (C=O) groups excluding carboxylic acids is 1. The number of nitrogens with two attached hydrogens (primary N) is 1. The SMILES string of the molecule is CNNC(=O)C(N)Cc1cc(F)c(C)cc1Cl. The van der Waals surface area contributed by atoms with Crippen molar-refractivity contribution in [3.8, 4) is 0 Å². The lowest BCUT2D eigenvalue weighted by Crippen LogP contribution is -2.46. The van der Waals surface area contributed by atoms with Gasteiger partial charge < -0.3 is 5.73 Å². The van der Waals surface area contributed by atoms with Gasteiger partial charge in [0, 0.05) is 12.1 Å². The largest absolute Gasteiger partial charge is 0.320 e. The van der Waals surface area contributed by atoms with Gasteiger partial charge in [0.1, 0.15) is 5.82 Å². The van der Waals surface area contributed by atoms with Crippen LogP contribution in [0.15, 0.2) is 12.1 Å². The summed E-state index contributed by atoms with van der Waals surface area (Å²) in [5.74, 6) is -0.727. The minimum absolute atomic E-state index is 0.184. The molecule has 17 heavy (non-hydrogen) atoms. The third kappa shape index (κ3) is 3.66. The van der Waals surface area contributed by atoms with Gasteiger partial charge in [-0.3, -0.25) is 10.2 Å². The van der Waals surface area contributed by atoms with E-state index in [9.17, 15) is 9.18 Å². The maximum absolute atomic E-state index is 13.3. The minimum Gasteiger partial charge on any atom is -0.320 e. The van der Waals surface area contributed by atoms with E-state index in [0.29, 0.717) is 16.1 Å². The van der Waals surface area contributed by atoms with Crippen molar-refractivity contribution in [1.82, 2.24) is 10.9 Å². The molecule has 0 spiro atoms. The van der Waals surface area contributed by atoms with Crippen LogP contribution in [0.5, 0.6) is 0 Å². The van der Waals surface area contributed by atoms with E-state index in [-0.39, 0.29) is 18.1 Å². The summed E-state index contributed by atoms with van der Waals surface area (Å²) in [5.41, 5.74) is 11.5. The van der Waals surface area contributed by atoms with E-state index in [1.54, 1.807) is 14.0 Å². The van der Waals surface area contributed by atoms with Crippen LogP contribution >= 0.6 is 11.6 Å². The maximum Gasteiger partial charge on any atom is 0.251 e. The topological polar surface area (TPSA) is 67.1 Å². The average Bonchev–Trinajstić information content (AvgIpc) is 2.26. The smallest absolute Gasteiger partial charge is 0.251 e. The van der Waals surface area contributed by atoms with Crippen LogP contribution in [-0.2, 0) is 11.2 Å². The Kier molecular flexibility index (Phi) is 4.86. The summed E-state index contributed by atoms with van der Waals surface area (Å²) in [4.78, 5) is 11.4. The zero-order chi connectivity index (χ0) is 13.0.